The molecule has 1 N–H and O–H groups in total. The Kier molecular flexibility index (Phi) is 3.53. The molecular weight excluding hydrogens is 345 g/mol. The largest absolute Gasteiger partial charge is 0.379 e. The first-order valence-electron chi connectivity index (χ1n) is 8.07. The van der Waals surface area contributed by atoms with Crippen molar-refractivity contribution in [2.75, 3.05) is 0 Å². The monoisotopic (exact) mass is 361 g/mol. The maximum atomic E-state index is 13.5. The molecule has 1 aliphatic rings. The van der Waals surface area contributed by atoms with Gasteiger partial charge in [0, 0.05) is 24.7 Å². The molecule has 3 aromatic rings. The average molecular weight is 362 g/mol. The van der Waals surface area contributed by atoms with Crippen LogP contribution in [0, 0.1) is 5.82 Å². The van der Waals surface area contributed by atoms with E-state index in [1.165, 1.54) is 22.9 Å². The van der Waals surface area contributed by atoms with Crippen LogP contribution in [0.1, 0.15) is 37.1 Å². The summed E-state index contributed by atoms with van der Waals surface area (Å²) in [6.45, 7) is 1.58. The Morgan fingerprint density at radius 2 is 2.08 bits per heavy atom. The summed E-state index contributed by atoms with van der Waals surface area (Å²) in [5.41, 5.74) is -0.436. The smallest absolute Gasteiger partial charge is 0.279 e. The van der Waals surface area contributed by atoms with Crippen LogP contribution in [0.15, 0.2) is 35.3 Å². The summed E-state index contributed by atoms with van der Waals surface area (Å²) in [7, 11) is 1.68. The van der Waals surface area contributed by atoms with E-state index < -0.39 is 11.4 Å². The first kappa shape index (κ1) is 16.3. The summed E-state index contributed by atoms with van der Waals surface area (Å²) >= 11 is 5.87. The molecule has 1 unspecified atom stereocenters. The third-order valence-electron chi connectivity index (χ3n) is 4.81. The second-order valence-electron chi connectivity index (χ2n) is 6.69. The maximum absolute atomic E-state index is 13.5. The molecular formula is C18H17ClFN3O2. The summed E-state index contributed by atoms with van der Waals surface area (Å²) in [4.78, 5) is 12.7. The lowest BCUT2D eigenvalue weighted by Crippen LogP contribution is -2.26. The van der Waals surface area contributed by atoms with Crippen molar-refractivity contribution in [3.63, 3.8) is 0 Å². The van der Waals surface area contributed by atoms with Gasteiger partial charge in [0.1, 0.15) is 11.4 Å². The van der Waals surface area contributed by atoms with Gasteiger partial charge in [-0.25, -0.2) is 4.39 Å². The van der Waals surface area contributed by atoms with E-state index in [4.69, 9.17) is 11.6 Å². The van der Waals surface area contributed by atoms with Crippen LogP contribution in [0.25, 0.3) is 10.9 Å². The standard InChI is InChI=1S/C18H17ClFN3O2/c1-18(25,10-3-6-14(20)13(19)9-10)16-12-7-8-23(11-4-5-11)17(24)15(12)21-22(16)2/h3,6-9,11,25H,4-5H2,1-2H3. The topological polar surface area (TPSA) is 60.0 Å². The third-order valence-corrected chi connectivity index (χ3v) is 5.10. The van der Waals surface area contributed by atoms with E-state index in [-0.39, 0.29) is 16.6 Å². The number of benzene rings is 1. The number of rotatable bonds is 3. The van der Waals surface area contributed by atoms with Crippen LogP contribution in [-0.2, 0) is 12.6 Å². The molecule has 4 rings (SSSR count). The second-order valence-corrected chi connectivity index (χ2v) is 7.10. The Bertz CT molecular complexity index is 1050. The van der Waals surface area contributed by atoms with Crippen LogP contribution in [0.2, 0.25) is 5.02 Å². The molecule has 2 aromatic heterocycles. The zero-order chi connectivity index (χ0) is 17.9. The van der Waals surface area contributed by atoms with E-state index >= 15 is 0 Å². The Morgan fingerprint density at radius 3 is 2.72 bits per heavy atom. The number of fused-ring (bicyclic) bond motifs is 1. The fraction of sp³-hybridized carbons (Fsp3) is 0.333. The number of aromatic nitrogens is 3. The van der Waals surface area contributed by atoms with E-state index in [1.807, 2.05) is 0 Å². The Balaban J connectivity index is 1.93. The van der Waals surface area contributed by atoms with Crippen LogP contribution < -0.4 is 5.56 Å². The van der Waals surface area contributed by atoms with Gasteiger partial charge >= 0.3 is 0 Å². The SMILES string of the molecule is Cn1nc2c(=O)n(C3CC3)ccc2c1C(C)(O)c1ccc(F)c(Cl)c1. The highest BCUT2D eigenvalue weighted by atomic mass is 35.5. The Labute approximate surface area is 148 Å². The van der Waals surface area contributed by atoms with Gasteiger partial charge in [-0.15, -0.1) is 0 Å². The normalized spacial score (nSPS) is 17.0. The van der Waals surface area contributed by atoms with Gasteiger partial charge < -0.3 is 9.67 Å². The molecule has 5 nitrogen and oxygen atoms in total. The number of aliphatic hydroxyl groups is 1. The van der Waals surface area contributed by atoms with Crippen LogP contribution in [0.5, 0.6) is 0 Å². The molecule has 2 heterocycles. The van der Waals surface area contributed by atoms with Gasteiger partial charge in [-0.05, 0) is 43.5 Å². The Morgan fingerprint density at radius 1 is 1.36 bits per heavy atom. The first-order chi connectivity index (χ1) is 11.8. The van der Waals surface area contributed by atoms with Gasteiger partial charge in [0.05, 0.1) is 10.7 Å². The molecule has 0 radical (unpaired) electrons. The average Bonchev–Trinajstić information content (AvgIpc) is 3.32. The van der Waals surface area contributed by atoms with Crippen molar-refractivity contribution >= 4 is 22.5 Å². The van der Waals surface area contributed by atoms with Crippen molar-refractivity contribution in [1.82, 2.24) is 14.3 Å². The molecule has 0 spiro atoms. The molecule has 25 heavy (non-hydrogen) atoms. The number of hydrogen-bond acceptors (Lipinski definition) is 3. The molecule has 0 aliphatic heterocycles. The zero-order valence-electron chi connectivity index (χ0n) is 13.8. The fourth-order valence-corrected chi connectivity index (χ4v) is 3.53. The number of pyridine rings is 1. The molecule has 0 bridgehead atoms. The number of nitrogens with zero attached hydrogens (tertiary/aromatic N) is 3. The van der Waals surface area contributed by atoms with Crippen molar-refractivity contribution < 1.29 is 9.50 Å². The highest BCUT2D eigenvalue weighted by Crippen LogP contribution is 2.36. The molecule has 0 saturated heterocycles. The van der Waals surface area contributed by atoms with Gasteiger partial charge in [0.25, 0.3) is 5.56 Å². The van der Waals surface area contributed by atoms with Crippen molar-refractivity contribution in [2.45, 2.75) is 31.4 Å². The van der Waals surface area contributed by atoms with Gasteiger partial charge in [0.2, 0.25) is 0 Å². The summed E-state index contributed by atoms with van der Waals surface area (Å²) in [5, 5.41) is 16.0. The van der Waals surface area contributed by atoms with Crippen LogP contribution in [-0.4, -0.2) is 19.5 Å². The minimum absolute atomic E-state index is 0.0691. The highest BCUT2D eigenvalue weighted by molar-refractivity contribution is 6.30. The quantitative estimate of drug-likeness (QED) is 0.779. The minimum Gasteiger partial charge on any atom is -0.379 e. The van der Waals surface area contributed by atoms with Crippen molar-refractivity contribution in [1.29, 1.82) is 0 Å². The lowest BCUT2D eigenvalue weighted by atomic mass is 9.90. The van der Waals surface area contributed by atoms with E-state index in [1.54, 1.807) is 30.8 Å². The maximum Gasteiger partial charge on any atom is 0.279 e. The van der Waals surface area contributed by atoms with Gasteiger partial charge in [-0.3, -0.25) is 9.48 Å². The lowest BCUT2D eigenvalue weighted by Gasteiger charge is -2.25. The van der Waals surface area contributed by atoms with E-state index in [2.05, 4.69) is 5.10 Å². The fourth-order valence-electron chi connectivity index (χ4n) is 3.35. The molecule has 1 saturated carbocycles. The molecule has 1 atom stereocenters. The van der Waals surface area contributed by atoms with Crippen molar-refractivity contribution in [3.8, 4) is 0 Å². The van der Waals surface area contributed by atoms with Crippen molar-refractivity contribution in [3.05, 3.63) is 62.9 Å². The summed E-state index contributed by atoms with van der Waals surface area (Å²) in [6, 6.07) is 6.13. The van der Waals surface area contributed by atoms with E-state index in [0.29, 0.717) is 22.2 Å². The lowest BCUT2D eigenvalue weighted by molar-refractivity contribution is 0.0944. The molecule has 0 amide bonds. The zero-order valence-corrected chi connectivity index (χ0v) is 14.6. The molecule has 130 valence electrons. The van der Waals surface area contributed by atoms with E-state index in [9.17, 15) is 14.3 Å². The number of halogens is 2. The van der Waals surface area contributed by atoms with Gasteiger partial charge in [-0.1, -0.05) is 17.7 Å². The Hall–Kier alpha value is -2.18. The molecule has 7 heteroatoms. The minimum atomic E-state index is -1.49. The van der Waals surface area contributed by atoms with Crippen LogP contribution >= 0.6 is 11.6 Å². The van der Waals surface area contributed by atoms with Gasteiger partial charge in [-0.2, -0.15) is 5.10 Å². The van der Waals surface area contributed by atoms with E-state index in [0.717, 1.165) is 12.8 Å². The second kappa shape index (κ2) is 5.41. The summed E-state index contributed by atoms with van der Waals surface area (Å²) in [5.74, 6) is -0.552. The van der Waals surface area contributed by atoms with Crippen LogP contribution in [0.3, 0.4) is 0 Å². The predicted octanol–water partition coefficient (Wildman–Crippen LogP) is 3.12. The highest BCUT2D eigenvalue weighted by Gasteiger charge is 2.34. The molecule has 1 aromatic carbocycles. The first-order valence-corrected chi connectivity index (χ1v) is 8.44. The third kappa shape index (κ3) is 2.48. The summed E-state index contributed by atoms with van der Waals surface area (Å²) in [6.07, 6.45) is 3.75. The van der Waals surface area contributed by atoms with Gasteiger partial charge in [0.15, 0.2) is 5.52 Å². The number of hydrogen-bond donors (Lipinski definition) is 1. The van der Waals surface area contributed by atoms with Crippen LogP contribution in [0.4, 0.5) is 4.39 Å². The molecule has 1 fully saturated rings. The molecule has 1 aliphatic carbocycles. The predicted molar refractivity (Wildman–Crippen MR) is 93.3 cm³/mol. The van der Waals surface area contributed by atoms with Crippen molar-refractivity contribution in [2.24, 2.45) is 7.05 Å². The summed E-state index contributed by atoms with van der Waals surface area (Å²) < 4.78 is 16.7. The number of aryl methyl sites for hydroxylation is 1.